The van der Waals surface area contributed by atoms with Crippen LogP contribution >= 0.6 is 0 Å². The van der Waals surface area contributed by atoms with Gasteiger partial charge in [0.1, 0.15) is 11.6 Å². The van der Waals surface area contributed by atoms with Crippen LogP contribution in [0.5, 0.6) is 0 Å². The van der Waals surface area contributed by atoms with Gasteiger partial charge in [-0.15, -0.1) is 5.10 Å². The third-order valence-corrected chi connectivity index (χ3v) is 3.21. The standard InChI is InChI=1S/C15H9F2N5O3/c16-9-4-5-12(17)11(7-9)14(23)19-15-18-13(20-21-15)8-2-1-3-10(6-8)22(24)25/h1-7H,(H2,18,19,20,21,23). The molecular weight excluding hydrogens is 336 g/mol. The molecule has 1 heterocycles. The molecule has 3 rings (SSSR count). The Labute approximate surface area is 138 Å². The van der Waals surface area contributed by atoms with Gasteiger partial charge >= 0.3 is 0 Å². The number of H-pyrrole nitrogens is 1. The van der Waals surface area contributed by atoms with E-state index < -0.39 is 28.0 Å². The van der Waals surface area contributed by atoms with E-state index >= 15 is 0 Å². The number of hydrogen-bond donors (Lipinski definition) is 2. The van der Waals surface area contributed by atoms with Gasteiger partial charge < -0.3 is 0 Å². The van der Waals surface area contributed by atoms with E-state index in [0.29, 0.717) is 5.56 Å². The molecule has 0 atom stereocenters. The number of anilines is 1. The Morgan fingerprint density at radius 2 is 2.00 bits per heavy atom. The first-order valence-electron chi connectivity index (χ1n) is 6.87. The van der Waals surface area contributed by atoms with Crippen molar-refractivity contribution < 1.29 is 18.5 Å². The summed E-state index contributed by atoms with van der Waals surface area (Å²) < 4.78 is 26.7. The van der Waals surface area contributed by atoms with Gasteiger partial charge in [-0.1, -0.05) is 12.1 Å². The number of aromatic nitrogens is 3. The number of carbonyl (C=O) groups excluding carboxylic acids is 1. The van der Waals surface area contributed by atoms with E-state index in [4.69, 9.17) is 0 Å². The topological polar surface area (TPSA) is 114 Å². The molecular formula is C15H9F2N5O3. The van der Waals surface area contributed by atoms with Crippen molar-refractivity contribution in [3.63, 3.8) is 0 Å². The van der Waals surface area contributed by atoms with Crippen molar-refractivity contribution in [2.45, 2.75) is 0 Å². The number of hydrogen-bond acceptors (Lipinski definition) is 5. The summed E-state index contributed by atoms with van der Waals surface area (Å²) in [5.74, 6) is -2.61. The minimum absolute atomic E-state index is 0.138. The van der Waals surface area contributed by atoms with Crippen LogP contribution in [-0.4, -0.2) is 26.0 Å². The highest BCUT2D eigenvalue weighted by molar-refractivity contribution is 6.03. The number of nitrogens with zero attached hydrogens (tertiary/aromatic N) is 3. The highest BCUT2D eigenvalue weighted by Gasteiger charge is 2.16. The number of benzene rings is 2. The van der Waals surface area contributed by atoms with Crippen molar-refractivity contribution in [3.05, 3.63) is 69.8 Å². The van der Waals surface area contributed by atoms with Crippen molar-refractivity contribution in [3.8, 4) is 11.4 Å². The minimum Gasteiger partial charge on any atom is -0.289 e. The fraction of sp³-hybridized carbons (Fsp3) is 0. The lowest BCUT2D eigenvalue weighted by atomic mass is 10.2. The zero-order chi connectivity index (χ0) is 18.0. The van der Waals surface area contributed by atoms with Crippen LogP contribution in [-0.2, 0) is 0 Å². The van der Waals surface area contributed by atoms with Crippen LogP contribution in [0.1, 0.15) is 10.4 Å². The van der Waals surface area contributed by atoms with Gasteiger partial charge in [-0.2, -0.15) is 4.98 Å². The zero-order valence-electron chi connectivity index (χ0n) is 12.4. The number of nitrogens with one attached hydrogen (secondary N) is 2. The molecule has 0 aliphatic heterocycles. The maximum Gasteiger partial charge on any atom is 0.270 e. The quantitative estimate of drug-likeness (QED) is 0.557. The number of amides is 1. The Bertz CT molecular complexity index is 973. The Kier molecular flexibility index (Phi) is 4.16. The average molecular weight is 345 g/mol. The molecule has 2 N–H and O–H groups in total. The lowest BCUT2D eigenvalue weighted by molar-refractivity contribution is -0.384. The number of carbonyl (C=O) groups is 1. The van der Waals surface area contributed by atoms with Gasteiger partial charge in [0.15, 0.2) is 5.82 Å². The monoisotopic (exact) mass is 345 g/mol. The summed E-state index contributed by atoms with van der Waals surface area (Å²) >= 11 is 0. The molecule has 0 aliphatic rings. The number of non-ortho nitro benzene ring substituents is 1. The van der Waals surface area contributed by atoms with Crippen molar-refractivity contribution in [2.24, 2.45) is 0 Å². The fourth-order valence-corrected chi connectivity index (χ4v) is 2.05. The molecule has 0 radical (unpaired) electrons. The van der Waals surface area contributed by atoms with Crippen LogP contribution in [0.2, 0.25) is 0 Å². The van der Waals surface area contributed by atoms with Crippen LogP contribution in [0, 0.1) is 21.7 Å². The molecule has 8 nitrogen and oxygen atoms in total. The van der Waals surface area contributed by atoms with Gasteiger partial charge in [-0.3, -0.25) is 25.3 Å². The molecule has 126 valence electrons. The van der Waals surface area contributed by atoms with Crippen molar-refractivity contribution in [1.82, 2.24) is 15.2 Å². The highest BCUT2D eigenvalue weighted by Crippen LogP contribution is 2.21. The molecule has 1 amide bonds. The summed E-state index contributed by atoms with van der Waals surface area (Å²) in [5.41, 5.74) is -0.262. The van der Waals surface area contributed by atoms with Crippen LogP contribution in [0.25, 0.3) is 11.4 Å². The maximum atomic E-state index is 13.6. The molecule has 10 heteroatoms. The molecule has 0 fully saturated rings. The Balaban J connectivity index is 1.82. The second-order valence-electron chi connectivity index (χ2n) is 4.89. The summed E-state index contributed by atoms with van der Waals surface area (Å²) in [6, 6.07) is 8.09. The van der Waals surface area contributed by atoms with E-state index in [2.05, 4.69) is 20.5 Å². The molecule has 0 saturated carbocycles. The highest BCUT2D eigenvalue weighted by atomic mass is 19.1. The molecule has 1 aromatic heterocycles. The second-order valence-corrected chi connectivity index (χ2v) is 4.89. The van der Waals surface area contributed by atoms with E-state index in [0.717, 1.165) is 18.2 Å². The Morgan fingerprint density at radius 3 is 2.76 bits per heavy atom. The molecule has 25 heavy (non-hydrogen) atoms. The van der Waals surface area contributed by atoms with Gasteiger partial charge in [0.05, 0.1) is 10.5 Å². The number of halogens is 2. The minimum atomic E-state index is -0.929. The lowest BCUT2D eigenvalue weighted by Gasteiger charge is -2.02. The van der Waals surface area contributed by atoms with E-state index in [1.165, 1.54) is 18.2 Å². The Morgan fingerprint density at radius 1 is 1.20 bits per heavy atom. The number of nitro groups is 1. The van der Waals surface area contributed by atoms with Crippen LogP contribution in [0.15, 0.2) is 42.5 Å². The van der Waals surface area contributed by atoms with E-state index in [-0.39, 0.29) is 17.5 Å². The molecule has 0 aliphatic carbocycles. The predicted molar refractivity (Wildman–Crippen MR) is 82.8 cm³/mol. The Hall–Kier alpha value is -3.69. The second kappa shape index (κ2) is 6.43. The fourth-order valence-electron chi connectivity index (χ4n) is 2.05. The smallest absolute Gasteiger partial charge is 0.270 e. The molecule has 3 aromatic rings. The molecule has 2 aromatic carbocycles. The summed E-state index contributed by atoms with van der Waals surface area (Å²) in [5, 5.41) is 19.2. The van der Waals surface area contributed by atoms with Crippen molar-refractivity contribution in [2.75, 3.05) is 5.32 Å². The lowest BCUT2D eigenvalue weighted by Crippen LogP contribution is -2.15. The predicted octanol–water partition coefficient (Wildman–Crippen LogP) is 2.91. The largest absolute Gasteiger partial charge is 0.289 e. The summed E-state index contributed by atoms with van der Waals surface area (Å²) in [4.78, 5) is 26.2. The van der Waals surface area contributed by atoms with E-state index in [1.54, 1.807) is 6.07 Å². The molecule has 0 spiro atoms. The van der Waals surface area contributed by atoms with Crippen LogP contribution in [0.4, 0.5) is 20.4 Å². The third kappa shape index (κ3) is 3.47. The number of rotatable bonds is 4. The number of nitro benzene ring substituents is 1. The van der Waals surface area contributed by atoms with E-state index in [9.17, 15) is 23.7 Å². The van der Waals surface area contributed by atoms with Crippen LogP contribution < -0.4 is 5.32 Å². The molecule has 0 unspecified atom stereocenters. The molecule has 0 bridgehead atoms. The van der Waals surface area contributed by atoms with Gasteiger partial charge in [-0.05, 0) is 18.2 Å². The third-order valence-electron chi connectivity index (χ3n) is 3.21. The summed E-state index contributed by atoms with van der Waals surface area (Å²) in [6.07, 6.45) is 0. The first-order chi connectivity index (χ1) is 11.9. The van der Waals surface area contributed by atoms with Gasteiger partial charge in [-0.25, -0.2) is 8.78 Å². The summed E-state index contributed by atoms with van der Waals surface area (Å²) in [7, 11) is 0. The summed E-state index contributed by atoms with van der Waals surface area (Å²) in [6.45, 7) is 0. The molecule has 0 saturated heterocycles. The van der Waals surface area contributed by atoms with Gasteiger partial charge in [0, 0.05) is 17.7 Å². The van der Waals surface area contributed by atoms with Crippen LogP contribution in [0.3, 0.4) is 0 Å². The van der Waals surface area contributed by atoms with E-state index in [1.807, 2.05) is 0 Å². The van der Waals surface area contributed by atoms with Gasteiger partial charge in [0.2, 0.25) is 5.95 Å². The normalized spacial score (nSPS) is 10.5. The SMILES string of the molecule is O=C(Nc1n[nH]c(-c2cccc([N+](=O)[O-])c2)n1)c1cc(F)ccc1F. The van der Waals surface area contributed by atoms with Crippen molar-refractivity contribution in [1.29, 1.82) is 0 Å². The zero-order valence-corrected chi connectivity index (χ0v) is 12.4. The number of aromatic amines is 1. The maximum absolute atomic E-state index is 13.6. The first kappa shape index (κ1) is 16.2. The first-order valence-corrected chi connectivity index (χ1v) is 6.87. The van der Waals surface area contributed by atoms with Crippen molar-refractivity contribution >= 4 is 17.5 Å². The van der Waals surface area contributed by atoms with Gasteiger partial charge in [0.25, 0.3) is 11.6 Å². The average Bonchev–Trinajstić information content (AvgIpc) is 3.05.